The summed E-state index contributed by atoms with van der Waals surface area (Å²) in [6.45, 7) is 5.56. The minimum absolute atomic E-state index is 0.00854. The van der Waals surface area contributed by atoms with E-state index in [9.17, 15) is 34.7 Å². The largest absolute Gasteiger partial charge is 0.502 e. The molecule has 45 heavy (non-hydrogen) atoms. The van der Waals surface area contributed by atoms with Crippen molar-refractivity contribution in [3.8, 4) is 5.75 Å². The highest BCUT2D eigenvalue weighted by atomic mass is 16.6. The Morgan fingerprint density at radius 3 is 2.56 bits per heavy atom. The molecule has 1 amide bonds. The van der Waals surface area contributed by atoms with Crippen molar-refractivity contribution >= 4 is 29.1 Å². The summed E-state index contributed by atoms with van der Waals surface area (Å²) >= 11 is 0. The van der Waals surface area contributed by atoms with Gasteiger partial charge >= 0.3 is 11.7 Å². The molecule has 0 spiro atoms. The first kappa shape index (κ1) is 32.6. The van der Waals surface area contributed by atoms with E-state index in [2.05, 4.69) is 30.4 Å². The first-order valence-electron chi connectivity index (χ1n) is 15.7. The highest BCUT2D eigenvalue weighted by Gasteiger charge is 2.65. The molecule has 0 bridgehead atoms. The molecule has 5 rings (SSSR count). The number of esters is 1. The number of amides is 1. The number of carbonyl (C=O) groups is 3. The number of Topliss-reactive ketones (excluding diaryl/α,β-unsaturated/α-hetero) is 1. The number of carbonyl (C=O) groups excluding carboxylic acids is 3. The number of methoxy groups -OCH3 is 1. The Bertz CT molecular complexity index is 1460. The molecule has 4 aliphatic rings. The van der Waals surface area contributed by atoms with Gasteiger partial charge in [0.1, 0.15) is 11.6 Å². The number of rotatable bonds is 9. The normalized spacial score (nSPS) is 33.6. The lowest BCUT2D eigenvalue weighted by Crippen LogP contribution is -2.57. The molecule has 0 heterocycles. The van der Waals surface area contributed by atoms with Crippen molar-refractivity contribution in [2.75, 3.05) is 13.7 Å². The number of allylic oxidation sites excluding steroid dienone is 2. The molecule has 3 N–H and O–H groups in total. The van der Waals surface area contributed by atoms with E-state index in [1.165, 1.54) is 25.7 Å². The van der Waals surface area contributed by atoms with Crippen LogP contribution in [0.3, 0.4) is 0 Å². The van der Waals surface area contributed by atoms with E-state index in [0.717, 1.165) is 56.4 Å². The molecule has 0 unspecified atom stereocenters. The average molecular weight is 626 g/mol. The number of aromatic hydroxyl groups is 1. The highest BCUT2D eigenvalue weighted by Crippen LogP contribution is 2.67. The van der Waals surface area contributed by atoms with Crippen molar-refractivity contribution in [2.24, 2.45) is 33.7 Å². The number of fused-ring (bicyclic) bond motifs is 5. The smallest absolute Gasteiger partial charge is 0.328 e. The van der Waals surface area contributed by atoms with Gasteiger partial charge in [0.05, 0.1) is 17.7 Å². The second-order valence-corrected chi connectivity index (χ2v) is 13.7. The van der Waals surface area contributed by atoms with Crippen molar-refractivity contribution in [3.63, 3.8) is 0 Å². The summed E-state index contributed by atoms with van der Waals surface area (Å²) in [5, 5.41) is 39.0. The fraction of sp³-hybridized carbons (Fsp3) is 0.636. The second-order valence-electron chi connectivity index (χ2n) is 13.7. The molecule has 12 nitrogen and oxygen atoms in total. The molecule has 1 aromatic rings. The molecule has 7 atom stereocenters. The quantitative estimate of drug-likeness (QED) is 0.207. The van der Waals surface area contributed by atoms with Crippen LogP contribution in [-0.2, 0) is 30.4 Å². The molecule has 244 valence electrons. The molecule has 3 fully saturated rings. The highest BCUT2D eigenvalue weighted by molar-refractivity contribution is 5.96. The first-order chi connectivity index (χ1) is 21.2. The molecule has 3 saturated carbocycles. The minimum Gasteiger partial charge on any atom is -0.502 e. The number of aliphatic hydroxyl groups is 1. The third-order valence-electron chi connectivity index (χ3n) is 11.6. The summed E-state index contributed by atoms with van der Waals surface area (Å²) in [5.41, 5.74) is 0.345. The van der Waals surface area contributed by atoms with Crippen LogP contribution < -0.4 is 5.32 Å². The number of hydrogen-bond acceptors (Lipinski definition) is 10. The molecule has 0 radical (unpaired) electrons. The Hall–Kier alpha value is -3.80. The Kier molecular flexibility index (Phi) is 8.82. The van der Waals surface area contributed by atoms with Gasteiger partial charge in [0.2, 0.25) is 0 Å². The van der Waals surface area contributed by atoms with Gasteiger partial charge in [-0.2, -0.15) is 0 Å². The fourth-order valence-electron chi connectivity index (χ4n) is 9.06. The summed E-state index contributed by atoms with van der Waals surface area (Å²) < 4.78 is 4.79. The first-order valence-corrected chi connectivity index (χ1v) is 15.7. The number of ketones is 1. The minimum atomic E-state index is -1.22. The predicted octanol–water partition coefficient (Wildman–Crippen LogP) is 4.16. The topological polar surface area (TPSA) is 178 Å². The van der Waals surface area contributed by atoms with E-state index in [1.54, 1.807) is 0 Å². The van der Waals surface area contributed by atoms with Crippen LogP contribution >= 0.6 is 0 Å². The molecule has 4 aliphatic carbocycles. The van der Waals surface area contributed by atoms with Crippen LogP contribution in [0.5, 0.6) is 5.75 Å². The third-order valence-corrected chi connectivity index (χ3v) is 11.6. The number of phenols is 1. The average Bonchev–Trinajstić information content (AvgIpc) is 3.28. The van der Waals surface area contributed by atoms with Gasteiger partial charge in [0, 0.05) is 17.9 Å². The van der Waals surface area contributed by atoms with Crippen molar-refractivity contribution in [1.29, 1.82) is 0 Å². The molecular weight excluding hydrogens is 582 g/mol. The monoisotopic (exact) mass is 625 g/mol. The number of nitrogens with one attached hydrogen (secondary N) is 1. The Balaban J connectivity index is 1.20. The van der Waals surface area contributed by atoms with E-state index < -0.39 is 46.5 Å². The van der Waals surface area contributed by atoms with Gasteiger partial charge in [-0.3, -0.25) is 19.7 Å². The predicted molar refractivity (Wildman–Crippen MR) is 163 cm³/mol. The zero-order chi connectivity index (χ0) is 32.7. The number of oxime groups is 1. The maximum Gasteiger partial charge on any atom is 0.328 e. The van der Waals surface area contributed by atoms with Gasteiger partial charge in [0.25, 0.3) is 5.91 Å². The third kappa shape index (κ3) is 5.73. The SMILES string of the molecule is COC(=O)[C@H](Cc1ccc(O)c([N+](=O)[O-])c1)NC(=O)CO/N=C1/C=C2CC[C@H]3[C@@H](CC[C@@]4(C)[C@H]3CC[C@]4(O)C(C)=O)[C@@]2(C)CC1. The molecule has 0 saturated heterocycles. The van der Waals surface area contributed by atoms with Crippen LogP contribution in [0.2, 0.25) is 0 Å². The van der Waals surface area contributed by atoms with Crippen molar-refractivity contribution in [3.05, 3.63) is 45.5 Å². The number of phenolic OH excluding ortho intramolecular Hbond substituents is 1. The number of nitro benzene ring substituents is 1. The van der Waals surface area contributed by atoms with Gasteiger partial charge in [-0.1, -0.05) is 30.6 Å². The molecule has 0 aromatic heterocycles. The standard InChI is InChI=1S/C33H43N3O9/c1-19(37)33(41)14-11-25-23-7-6-21-17-22(9-12-31(21,2)24(23)10-13-32(25,33)3)35-45-18-29(39)34-26(30(40)44-4)15-20-5-8-28(38)27(16-20)36(42)43/h5,8,16-17,23-26,38,41H,6-7,9-15,18H2,1-4H3,(H,34,39)/b35-22+/t23-,24+,25-,26-,31-,32-,33-/m0/s1. The lowest BCUT2D eigenvalue weighted by Gasteiger charge is -2.59. The number of benzene rings is 1. The van der Waals surface area contributed by atoms with E-state index >= 15 is 0 Å². The van der Waals surface area contributed by atoms with E-state index in [4.69, 9.17) is 9.57 Å². The van der Waals surface area contributed by atoms with Crippen LogP contribution in [0.4, 0.5) is 5.69 Å². The number of hydrogen-bond donors (Lipinski definition) is 3. The summed E-state index contributed by atoms with van der Waals surface area (Å²) in [5.74, 6) is -0.674. The van der Waals surface area contributed by atoms with Crippen molar-refractivity contribution in [1.82, 2.24) is 5.32 Å². The van der Waals surface area contributed by atoms with Crippen molar-refractivity contribution < 1.29 is 39.1 Å². The Morgan fingerprint density at radius 1 is 1.13 bits per heavy atom. The van der Waals surface area contributed by atoms with Gasteiger partial charge in [-0.15, -0.1) is 0 Å². The van der Waals surface area contributed by atoms with Gasteiger partial charge < -0.3 is 25.1 Å². The van der Waals surface area contributed by atoms with Gasteiger partial charge in [-0.25, -0.2) is 4.79 Å². The van der Waals surface area contributed by atoms with Crippen LogP contribution in [0, 0.1) is 38.7 Å². The number of nitrogens with zero attached hydrogens (tertiary/aromatic N) is 2. The number of ether oxygens (including phenoxy) is 1. The Labute approximate surface area is 262 Å². The van der Waals surface area contributed by atoms with Crippen LogP contribution in [-0.4, -0.2) is 63.9 Å². The lowest BCUT2D eigenvalue weighted by molar-refractivity contribution is -0.385. The van der Waals surface area contributed by atoms with Crippen molar-refractivity contribution in [2.45, 2.75) is 90.2 Å². The van der Waals surface area contributed by atoms with Gasteiger partial charge in [-0.05, 0) is 99.2 Å². The zero-order valence-corrected chi connectivity index (χ0v) is 26.3. The summed E-state index contributed by atoms with van der Waals surface area (Å²) in [7, 11) is 1.17. The number of nitro groups is 1. The summed E-state index contributed by atoms with van der Waals surface area (Å²) in [6, 6.07) is 2.60. The molecule has 1 aromatic carbocycles. The van der Waals surface area contributed by atoms with Crippen LogP contribution in [0.15, 0.2) is 35.0 Å². The van der Waals surface area contributed by atoms with Crippen LogP contribution in [0.25, 0.3) is 0 Å². The van der Waals surface area contributed by atoms with Crippen LogP contribution in [0.1, 0.15) is 77.7 Å². The second kappa shape index (κ2) is 12.2. The maximum atomic E-state index is 12.7. The molecule has 12 heteroatoms. The Morgan fingerprint density at radius 2 is 1.87 bits per heavy atom. The lowest BCUT2D eigenvalue weighted by atomic mass is 9.46. The zero-order valence-electron chi connectivity index (χ0n) is 26.3. The van der Waals surface area contributed by atoms with E-state index in [-0.39, 0.29) is 23.0 Å². The van der Waals surface area contributed by atoms with E-state index in [1.807, 2.05) is 0 Å². The van der Waals surface area contributed by atoms with Gasteiger partial charge in [0.15, 0.2) is 18.1 Å². The summed E-state index contributed by atoms with van der Waals surface area (Å²) in [6.07, 6.45) is 8.78. The fourth-order valence-corrected chi connectivity index (χ4v) is 9.06. The maximum absolute atomic E-state index is 12.7. The van der Waals surface area contributed by atoms with E-state index in [0.29, 0.717) is 36.2 Å². The molecule has 0 aliphatic heterocycles. The summed E-state index contributed by atoms with van der Waals surface area (Å²) in [4.78, 5) is 53.3. The molecular formula is C33H43N3O9.